The zero-order valence-corrected chi connectivity index (χ0v) is 15.2. The summed E-state index contributed by atoms with van der Waals surface area (Å²) in [5, 5.41) is 0. The number of hydrogen-bond donors (Lipinski definition) is 1. The fourth-order valence-corrected chi connectivity index (χ4v) is 3.46. The molecule has 2 aromatic rings. The quantitative estimate of drug-likeness (QED) is 0.918. The van der Waals surface area contributed by atoms with Gasteiger partial charge in [-0.25, -0.2) is 4.39 Å². The summed E-state index contributed by atoms with van der Waals surface area (Å²) in [5.74, 6) is -0.438. The second kappa shape index (κ2) is 7.83. The predicted molar refractivity (Wildman–Crippen MR) is 98.7 cm³/mol. The average Bonchev–Trinajstić information content (AvgIpc) is 2.81. The molecule has 0 atom stereocenters. The number of nitrogens with one attached hydrogen (secondary N) is 1. The molecular formula is C20H24FN3O2. The van der Waals surface area contributed by atoms with E-state index in [1.54, 1.807) is 24.0 Å². The van der Waals surface area contributed by atoms with E-state index in [4.69, 9.17) is 0 Å². The monoisotopic (exact) mass is 357 g/mol. The van der Waals surface area contributed by atoms with Gasteiger partial charge in [0.2, 0.25) is 0 Å². The lowest BCUT2D eigenvalue weighted by molar-refractivity contribution is 0.0758. The van der Waals surface area contributed by atoms with Crippen molar-refractivity contribution in [1.29, 1.82) is 0 Å². The SMILES string of the molecule is Cc1cc(C)c(C(=O)N2CCCN(Cc3ccc(F)cc3)CC2)c(=O)[nH]1. The lowest BCUT2D eigenvalue weighted by Crippen LogP contribution is -2.38. The lowest BCUT2D eigenvalue weighted by Gasteiger charge is -2.22. The maximum Gasteiger partial charge on any atom is 0.261 e. The van der Waals surface area contributed by atoms with Crippen LogP contribution in [0.2, 0.25) is 0 Å². The summed E-state index contributed by atoms with van der Waals surface area (Å²) in [5.41, 5.74) is 2.44. The van der Waals surface area contributed by atoms with Crippen LogP contribution in [0.1, 0.15) is 33.6 Å². The Hall–Kier alpha value is -2.47. The highest BCUT2D eigenvalue weighted by molar-refractivity contribution is 5.95. The molecule has 1 fully saturated rings. The number of aryl methyl sites for hydroxylation is 2. The van der Waals surface area contributed by atoms with Gasteiger partial charge in [-0.3, -0.25) is 14.5 Å². The van der Waals surface area contributed by atoms with Gasteiger partial charge in [0.1, 0.15) is 11.4 Å². The van der Waals surface area contributed by atoms with E-state index in [1.807, 2.05) is 13.0 Å². The Bertz CT molecular complexity index is 845. The first kappa shape index (κ1) is 18.3. The molecule has 138 valence electrons. The van der Waals surface area contributed by atoms with Crippen LogP contribution in [0, 0.1) is 19.7 Å². The Balaban J connectivity index is 1.67. The normalized spacial score (nSPS) is 15.7. The Morgan fingerprint density at radius 2 is 1.85 bits per heavy atom. The van der Waals surface area contributed by atoms with Crippen LogP contribution in [0.25, 0.3) is 0 Å². The number of hydrogen-bond acceptors (Lipinski definition) is 3. The largest absolute Gasteiger partial charge is 0.337 e. The zero-order chi connectivity index (χ0) is 18.7. The van der Waals surface area contributed by atoms with E-state index in [0.29, 0.717) is 18.7 Å². The third kappa shape index (κ3) is 4.19. The fraction of sp³-hybridized carbons (Fsp3) is 0.400. The van der Waals surface area contributed by atoms with E-state index in [0.717, 1.165) is 37.3 Å². The molecule has 6 heteroatoms. The number of nitrogens with zero attached hydrogens (tertiary/aromatic N) is 2. The molecule has 0 bridgehead atoms. The topological polar surface area (TPSA) is 56.4 Å². The summed E-state index contributed by atoms with van der Waals surface area (Å²) in [6.07, 6.45) is 0.843. The molecular weight excluding hydrogens is 333 g/mol. The molecule has 1 aromatic heterocycles. The number of pyridine rings is 1. The number of H-pyrrole nitrogens is 1. The molecule has 1 N–H and O–H groups in total. The molecule has 1 aliphatic rings. The summed E-state index contributed by atoms with van der Waals surface area (Å²) in [6.45, 7) is 7.14. The number of rotatable bonds is 3. The Labute approximate surface area is 152 Å². The summed E-state index contributed by atoms with van der Waals surface area (Å²) >= 11 is 0. The van der Waals surface area contributed by atoms with Crippen LogP contribution < -0.4 is 5.56 Å². The van der Waals surface area contributed by atoms with E-state index >= 15 is 0 Å². The van der Waals surface area contributed by atoms with Crippen LogP contribution in [-0.4, -0.2) is 46.9 Å². The maximum absolute atomic E-state index is 13.0. The summed E-state index contributed by atoms with van der Waals surface area (Å²) in [6, 6.07) is 8.34. The van der Waals surface area contributed by atoms with Gasteiger partial charge in [0, 0.05) is 38.4 Å². The highest BCUT2D eigenvalue weighted by atomic mass is 19.1. The third-order valence-corrected chi connectivity index (χ3v) is 4.77. The highest BCUT2D eigenvalue weighted by Gasteiger charge is 2.23. The van der Waals surface area contributed by atoms with Crippen molar-refractivity contribution >= 4 is 5.91 Å². The highest BCUT2D eigenvalue weighted by Crippen LogP contribution is 2.13. The van der Waals surface area contributed by atoms with Gasteiger partial charge >= 0.3 is 0 Å². The van der Waals surface area contributed by atoms with Crippen LogP contribution in [0.3, 0.4) is 0 Å². The number of aromatic amines is 1. The van der Waals surface area contributed by atoms with E-state index in [2.05, 4.69) is 9.88 Å². The summed E-state index contributed by atoms with van der Waals surface area (Å²) in [7, 11) is 0. The minimum absolute atomic E-state index is 0.201. The van der Waals surface area contributed by atoms with Gasteiger partial charge < -0.3 is 9.88 Å². The van der Waals surface area contributed by atoms with Crippen molar-refractivity contribution in [3.05, 3.63) is 68.9 Å². The van der Waals surface area contributed by atoms with Crippen molar-refractivity contribution < 1.29 is 9.18 Å². The van der Waals surface area contributed by atoms with Gasteiger partial charge in [-0.05, 0) is 49.6 Å². The lowest BCUT2D eigenvalue weighted by atomic mass is 10.1. The van der Waals surface area contributed by atoms with Crippen LogP contribution >= 0.6 is 0 Å². The molecule has 2 heterocycles. The van der Waals surface area contributed by atoms with E-state index < -0.39 is 0 Å². The minimum atomic E-state index is -0.320. The number of amides is 1. The number of aromatic nitrogens is 1. The van der Waals surface area contributed by atoms with Crippen LogP contribution in [-0.2, 0) is 6.54 Å². The van der Waals surface area contributed by atoms with Crippen molar-refractivity contribution in [1.82, 2.24) is 14.8 Å². The molecule has 3 rings (SSSR count). The molecule has 5 nitrogen and oxygen atoms in total. The van der Waals surface area contributed by atoms with Gasteiger partial charge in [-0.15, -0.1) is 0 Å². The van der Waals surface area contributed by atoms with Crippen LogP contribution in [0.15, 0.2) is 35.1 Å². The van der Waals surface area contributed by atoms with Gasteiger partial charge in [-0.1, -0.05) is 12.1 Å². The Morgan fingerprint density at radius 1 is 1.12 bits per heavy atom. The molecule has 0 spiro atoms. The Morgan fingerprint density at radius 3 is 2.54 bits per heavy atom. The number of carbonyl (C=O) groups is 1. The molecule has 0 radical (unpaired) electrons. The molecule has 1 amide bonds. The van der Waals surface area contributed by atoms with Gasteiger partial charge in [0.15, 0.2) is 0 Å². The first-order valence-corrected chi connectivity index (χ1v) is 8.90. The first-order valence-electron chi connectivity index (χ1n) is 8.90. The molecule has 1 aliphatic heterocycles. The second-order valence-corrected chi connectivity index (χ2v) is 6.89. The van der Waals surface area contributed by atoms with Gasteiger partial charge in [0.05, 0.1) is 0 Å². The molecule has 0 saturated carbocycles. The molecule has 1 saturated heterocycles. The number of carbonyl (C=O) groups excluding carboxylic acids is 1. The first-order chi connectivity index (χ1) is 12.4. The van der Waals surface area contributed by atoms with Crippen molar-refractivity contribution in [2.24, 2.45) is 0 Å². The van der Waals surface area contributed by atoms with Crippen molar-refractivity contribution in [3.63, 3.8) is 0 Å². The van der Waals surface area contributed by atoms with Gasteiger partial charge in [-0.2, -0.15) is 0 Å². The standard InChI is InChI=1S/C20H24FN3O2/c1-14-12-15(2)22-19(25)18(14)20(26)24-9-3-8-23(10-11-24)13-16-4-6-17(21)7-5-16/h4-7,12H,3,8-11,13H2,1-2H3,(H,22,25). The molecule has 0 unspecified atom stereocenters. The fourth-order valence-electron chi connectivity index (χ4n) is 3.46. The van der Waals surface area contributed by atoms with Crippen LogP contribution in [0.5, 0.6) is 0 Å². The minimum Gasteiger partial charge on any atom is -0.337 e. The van der Waals surface area contributed by atoms with E-state index in [-0.39, 0.29) is 22.8 Å². The van der Waals surface area contributed by atoms with E-state index in [9.17, 15) is 14.0 Å². The summed E-state index contributed by atoms with van der Waals surface area (Å²) in [4.78, 5) is 31.8. The molecule has 0 aliphatic carbocycles. The molecule has 1 aromatic carbocycles. The maximum atomic E-state index is 13.0. The average molecular weight is 357 g/mol. The Kier molecular flexibility index (Phi) is 5.52. The van der Waals surface area contributed by atoms with Crippen molar-refractivity contribution in [2.45, 2.75) is 26.8 Å². The number of halogens is 1. The smallest absolute Gasteiger partial charge is 0.261 e. The van der Waals surface area contributed by atoms with Crippen molar-refractivity contribution in [3.8, 4) is 0 Å². The number of benzene rings is 1. The second-order valence-electron chi connectivity index (χ2n) is 6.89. The van der Waals surface area contributed by atoms with E-state index in [1.165, 1.54) is 12.1 Å². The molecule has 26 heavy (non-hydrogen) atoms. The summed E-state index contributed by atoms with van der Waals surface area (Å²) < 4.78 is 13.0. The zero-order valence-electron chi connectivity index (χ0n) is 15.2. The van der Waals surface area contributed by atoms with Crippen molar-refractivity contribution in [2.75, 3.05) is 26.2 Å². The predicted octanol–water partition coefficient (Wildman–Crippen LogP) is 2.48. The van der Waals surface area contributed by atoms with Gasteiger partial charge in [0.25, 0.3) is 11.5 Å². The van der Waals surface area contributed by atoms with Crippen LogP contribution in [0.4, 0.5) is 4.39 Å². The third-order valence-electron chi connectivity index (χ3n) is 4.77.